The van der Waals surface area contributed by atoms with E-state index in [1.165, 1.54) is 0 Å². The Bertz CT molecular complexity index is 1250. The van der Waals surface area contributed by atoms with Gasteiger partial charge in [0.1, 0.15) is 0 Å². The van der Waals surface area contributed by atoms with Gasteiger partial charge in [0.15, 0.2) is 11.5 Å². The predicted molar refractivity (Wildman–Crippen MR) is 158 cm³/mol. The van der Waals surface area contributed by atoms with Gasteiger partial charge in [-0.15, -0.1) is 12.4 Å². The van der Waals surface area contributed by atoms with Gasteiger partial charge in [0.25, 0.3) is 0 Å². The van der Waals surface area contributed by atoms with Gasteiger partial charge in [-0.25, -0.2) is 5.01 Å². The second-order valence-corrected chi connectivity index (χ2v) is 11.1. The molecule has 2 aromatic carbocycles. The number of fused-ring (bicyclic) bond motifs is 1. The summed E-state index contributed by atoms with van der Waals surface area (Å²) in [6.45, 7) is 1.08. The van der Waals surface area contributed by atoms with Crippen LogP contribution < -0.4 is 15.2 Å². The van der Waals surface area contributed by atoms with Crippen molar-refractivity contribution >= 4 is 41.5 Å². The summed E-state index contributed by atoms with van der Waals surface area (Å²) in [5.74, 6) is 1.38. The van der Waals surface area contributed by atoms with Crippen LogP contribution in [0.25, 0.3) is 0 Å². The summed E-state index contributed by atoms with van der Waals surface area (Å²) in [6, 6.07) is 12.6. The highest BCUT2D eigenvalue weighted by molar-refractivity contribution is 6.31. The minimum Gasteiger partial charge on any atom is -0.493 e. The average Bonchev–Trinajstić information content (AvgIpc) is 2.98. The van der Waals surface area contributed by atoms with Gasteiger partial charge in [-0.2, -0.15) is 5.10 Å². The minimum atomic E-state index is -0.657. The number of methoxy groups -OCH3 is 2. The van der Waals surface area contributed by atoms with Crippen molar-refractivity contribution in [1.29, 1.82) is 0 Å². The van der Waals surface area contributed by atoms with Gasteiger partial charge in [0.2, 0.25) is 11.8 Å². The van der Waals surface area contributed by atoms with Crippen LogP contribution in [0.4, 0.5) is 0 Å². The molecule has 2 amide bonds. The molecule has 40 heavy (non-hydrogen) atoms. The third kappa shape index (κ3) is 6.09. The molecule has 8 nitrogen and oxygen atoms in total. The van der Waals surface area contributed by atoms with E-state index in [4.69, 9.17) is 31.9 Å². The van der Waals surface area contributed by atoms with E-state index < -0.39 is 6.04 Å². The summed E-state index contributed by atoms with van der Waals surface area (Å²) in [6.07, 6.45) is 5.69. The van der Waals surface area contributed by atoms with Crippen LogP contribution in [0.1, 0.15) is 49.7 Å². The van der Waals surface area contributed by atoms with Crippen molar-refractivity contribution in [1.82, 2.24) is 9.91 Å². The molecule has 0 unspecified atom stereocenters. The fraction of sp³-hybridized carbons (Fsp3) is 0.500. The molecule has 5 rings (SSSR count). The van der Waals surface area contributed by atoms with E-state index in [2.05, 4.69) is 0 Å². The predicted octanol–water partition coefficient (Wildman–Crippen LogP) is 4.69. The molecular formula is C30H38Cl2N4O4. The molecule has 2 aliphatic heterocycles. The van der Waals surface area contributed by atoms with Crippen LogP contribution in [-0.4, -0.2) is 66.8 Å². The molecule has 10 heteroatoms. The lowest BCUT2D eigenvalue weighted by Crippen LogP contribution is -2.54. The monoisotopic (exact) mass is 588 g/mol. The molecule has 216 valence electrons. The summed E-state index contributed by atoms with van der Waals surface area (Å²) >= 11 is 6.27. The zero-order chi connectivity index (χ0) is 27.5. The Morgan fingerprint density at radius 1 is 1.02 bits per heavy atom. The maximum Gasteiger partial charge on any atom is 0.246 e. The van der Waals surface area contributed by atoms with E-state index in [0.29, 0.717) is 48.9 Å². The number of likely N-dealkylation sites (tertiary alicyclic amines) is 1. The number of rotatable bonds is 7. The molecule has 0 bridgehead atoms. The number of halogens is 2. The van der Waals surface area contributed by atoms with E-state index in [-0.39, 0.29) is 42.1 Å². The second-order valence-electron chi connectivity index (χ2n) is 10.7. The van der Waals surface area contributed by atoms with Gasteiger partial charge in [0, 0.05) is 35.5 Å². The van der Waals surface area contributed by atoms with Crippen LogP contribution in [0.3, 0.4) is 0 Å². The SMILES string of the molecule is COc1ccc(C2=NN(C3CCN(C(=O)[C@H](N)Cc4ccccc4Cl)CC3)C(=O)[C@@H]3CCCC[C@H]23)cc1OC.Cl. The third-order valence-electron chi connectivity index (χ3n) is 8.39. The van der Waals surface area contributed by atoms with Gasteiger partial charge < -0.3 is 20.1 Å². The molecule has 2 heterocycles. The Morgan fingerprint density at radius 2 is 1.70 bits per heavy atom. The first-order valence-electron chi connectivity index (χ1n) is 13.8. The Kier molecular flexibility index (Phi) is 9.98. The molecule has 3 atom stereocenters. The lowest BCUT2D eigenvalue weighted by atomic mass is 9.73. The van der Waals surface area contributed by atoms with Crippen LogP contribution in [0.2, 0.25) is 5.02 Å². The lowest BCUT2D eigenvalue weighted by Gasteiger charge is -2.43. The van der Waals surface area contributed by atoms with E-state index >= 15 is 0 Å². The van der Waals surface area contributed by atoms with Gasteiger partial charge in [-0.3, -0.25) is 9.59 Å². The van der Waals surface area contributed by atoms with Gasteiger partial charge in [-0.1, -0.05) is 42.6 Å². The number of carbonyl (C=O) groups excluding carboxylic acids is 2. The summed E-state index contributed by atoms with van der Waals surface area (Å²) in [7, 11) is 3.24. The Balaban J connectivity index is 0.00000370. The van der Waals surface area contributed by atoms with Gasteiger partial charge >= 0.3 is 0 Å². The smallest absolute Gasteiger partial charge is 0.246 e. The molecule has 0 radical (unpaired) electrons. The first kappa shape index (κ1) is 30.2. The number of nitrogens with two attached hydrogens (primary N) is 1. The fourth-order valence-electron chi connectivity index (χ4n) is 6.25. The number of hydrogen-bond acceptors (Lipinski definition) is 6. The highest BCUT2D eigenvalue weighted by Gasteiger charge is 2.44. The standard InChI is InChI=1S/C30H37ClN4O4.ClH/c1-38-26-12-11-20(18-27(26)39-2)28-22-8-4-5-9-23(22)29(36)35(33-28)21-13-15-34(16-14-21)30(37)25(32)17-19-7-3-6-10-24(19)31;/h3,6-7,10-12,18,21-23,25H,4-5,8-9,13-17,32H2,1-2H3;1H/t22-,23+,25+;/m0./s1. The van der Waals surface area contributed by atoms with Crippen LogP contribution >= 0.6 is 24.0 Å². The summed E-state index contributed by atoms with van der Waals surface area (Å²) < 4.78 is 11.0. The maximum atomic E-state index is 13.7. The van der Waals surface area contributed by atoms with E-state index in [0.717, 1.165) is 42.5 Å². The van der Waals surface area contributed by atoms with Crippen LogP contribution in [-0.2, 0) is 16.0 Å². The third-order valence-corrected chi connectivity index (χ3v) is 8.76. The fourth-order valence-corrected chi connectivity index (χ4v) is 6.46. The molecule has 2 fully saturated rings. The first-order valence-corrected chi connectivity index (χ1v) is 14.2. The Morgan fingerprint density at radius 3 is 2.38 bits per heavy atom. The molecular weight excluding hydrogens is 551 g/mol. The molecule has 1 saturated heterocycles. The van der Waals surface area contributed by atoms with Crippen molar-refractivity contribution in [2.75, 3.05) is 27.3 Å². The molecule has 0 aromatic heterocycles. The average molecular weight is 590 g/mol. The van der Waals surface area contributed by atoms with Crippen LogP contribution in [0, 0.1) is 11.8 Å². The number of benzene rings is 2. The van der Waals surface area contributed by atoms with E-state index in [1.807, 2.05) is 47.4 Å². The number of nitrogens with zero attached hydrogens (tertiary/aromatic N) is 3. The zero-order valence-corrected chi connectivity index (χ0v) is 24.6. The Labute approximate surface area is 247 Å². The summed E-state index contributed by atoms with van der Waals surface area (Å²) in [4.78, 5) is 28.6. The summed E-state index contributed by atoms with van der Waals surface area (Å²) in [5, 5.41) is 7.35. The number of piperidine rings is 1. The number of hydrogen-bond donors (Lipinski definition) is 1. The number of ether oxygens (including phenoxy) is 2. The highest BCUT2D eigenvalue weighted by atomic mass is 35.5. The van der Waals surface area contributed by atoms with Gasteiger partial charge in [-0.05, 0) is 61.9 Å². The van der Waals surface area contributed by atoms with Crippen molar-refractivity contribution in [3.63, 3.8) is 0 Å². The van der Waals surface area contributed by atoms with Crippen molar-refractivity contribution in [3.05, 3.63) is 58.6 Å². The quantitative estimate of drug-likeness (QED) is 0.506. The minimum absolute atomic E-state index is 0. The van der Waals surface area contributed by atoms with Crippen molar-refractivity contribution < 1.29 is 19.1 Å². The van der Waals surface area contributed by atoms with Gasteiger partial charge in [0.05, 0.1) is 32.0 Å². The molecule has 1 saturated carbocycles. The molecule has 2 N–H and O–H groups in total. The molecule has 2 aromatic rings. The molecule has 0 spiro atoms. The number of carbonyl (C=O) groups is 2. The van der Waals surface area contributed by atoms with Crippen LogP contribution in [0.5, 0.6) is 11.5 Å². The first-order chi connectivity index (χ1) is 18.9. The highest BCUT2D eigenvalue weighted by Crippen LogP contribution is 2.40. The topological polar surface area (TPSA) is 97.5 Å². The zero-order valence-electron chi connectivity index (χ0n) is 23.1. The molecule has 1 aliphatic carbocycles. The van der Waals surface area contributed by atoms with Crippen molar-refractivity contribution in [2.24, 2.45) is 22.7 Å². The Hall–Kier alpha value is -2.81. The lowest BCUT2D eigenvalue weighted by molar-refractivity contribution is -0.143. The van der Waals surface area contributed by atoms with E-state index in [9.17, 15) is 9.59 Å². The van der Waals surface area contributed by atoms with E-state index in [1.54, 1.807) is 19.2 Å². The van der Waals surface area contributed by atoms with Crippen molar-refractivity contribution in [3.8, 4) is 11.5 Å². The molecule has 3 aliphatic rings. The van der Waals surface area contributed by atoms with Crippen molar-refractivity contribution in [2.45, 2.75) is 57.0 Å². The van der Waals surface area contributed by atoms with Crippen LogP contribution in [0.15, 0.2) is 47.6 Å². The second kappa shape index (κ2) is 13.2. The summed E-state index contributed by atoms with van der Waals surface area (Å²) in [5.41, 5.74) is 9.07. The normalized spacial score (nSPS) is 22.1. The maximum absolute atomic E-state index is 13.7. The number of amides is 2. The largest absolute Gasteiger partial charge is 0.493 e. The number of hydrazone groups is 1.